The van der Waals surface area contributed by atoms with Gasteiger partial charge in [0.25, 0.3) is 0 Å². The van der Waals surface area contributed by atoms with E-state index >= 15 is 0 Å². The highest BCUT2D eigenvalue weighted by molar-refractivity contribution is 9.10. The van der Waals surface area contributed by atoms with Crippen molar-refractivity contribution in [2.24, 2.45) is 0 Å². The van der Waals surface area contributed by atoms with E-state index in [1.807, 2.05) is 24.3 Å². The minimum absolute atomic E-state index is 0.203. The number of benzene rings is 1. The lowest BCUT2D eigenvalue weighted by atomic mass is 10.4. The zero-order valence-electron chi connectivity index (χ0n) is 8.02. The van der Waals surface area contributed by atoms with Crippen LogP contribution in [0.5, 0.6) is 0 Å². The fourth-order valence-electron chi connectivity index (χ4n) is 1.05. The second-order valence-corrected chi connectivity index (χ2v) is 5.27. The first-order chi connectivity index (χ1) is 7.65. The first-order valence-electron chi connectivity index (χ1n) is 4.36. The summed E-state index contributed by atoms with van der Waals surface area (Å²) in [6.45, 7) is 0. The molecule has 0 saturated heterocycles. The Labute approximate surface area is 111 Å². The molecule has 0 atom stereocenters. The molecule has 1 aromatic carbocycles. The monoisotopic (exact) mass is 315 g/mol. The molecule has 1 heterocycles. The van der Waals surface area contributed by atoms with Gasteiger partial charge in [0.15, 0.2) is 0 Å². The summed E-state index contributed by atoms with van der Waals surface area (Å²) >= 11 is 10.5. The van der Waals surface area contributed by atoms with Crippen molar-refractivity contribution in [1.82, 2.24) is 9.97 Å². The Balaban J connectivity index is 2.26. The van der Waals surface area contributed by atoms with E-state index < -0.39 is 0 Å². The molecule has 0 bridgehead atoms. The van der Waals surface area contributed by atoms with Crippen molar-refractivity contribution >= 4 is 45.0 Å². The van der Waals surface area contributed by atoms with Crippen molar-refractivity contribution < 1.29 is 0 Å². The molecule has 0 saturated carbocycles. The van der Waals surface area contributed by atoms with Crippen LogP contribution in [0.1, 0.15) is 0 Å². The van der Waals surface area contributed by atoms with Crippen LogP contribution in [-0.2, 0) is 0 Å². The Kier molecular flexibility index (Phi) is 3.68. The summed E-state index contributed by atoms with van der Waals surface area (Å²) in [5, 5.41) is 0.871. The lowest BCUT2D eigenvalue weighted by molar-refractivity contribution is 1.06. The average molecular weight is 317 g/mol. The summed E-state index contributed by atoms with van der Waals surface area (Å²) in [4.78, 5) is 8.92. The maximum Gasteiger partial charge on any atom is 0.223 e. The number of hydrogen-bond donors (Lipinski definition) is 1. The number of nitrogens with two attached hydrogens (primary N) is 1. The molecule has 82 valence electrons. The highest BCUT2D eigenvalue weighted by Crippen LogP contribution is 2.31. The van der Waals surface area contributed by atoms with Crippen molar-refractivity contribution in [3.05, 3.63) is 40.2 Å². The lowest BCUT2D eigenvalue weighted by Crippen LogP contribution is -1.94. The van der Waals surface area contributed by atoms with Crippen molar-refractivity contribution in [3.63, 3.8) is 0 Å². The third kappa shape index (κ3) is 2.87. The number of halogens is 2. The number of rotatable bonds is 2. The first kappa shape index (κ1) is 11.7. The van der Waals surface area contributed by atoms with E-state index in [1.54, 1.807) is 0 Å². The molecule has 0 aliphatic rings. The van der Waals surface area contributed by atoms with Crippen molar-refractivity contribution in [2.75, 3.05) is 5.73 Å². The largest absolute Gasteiger partial charge is 0.395 e. The average Bonchev–Trinajstić information content (AvgIpc) is 2.27. The zero-order valence-corrected chi connectivity index (χ0v) is 11.2. The Morgan fingerprint density at radius 1 is 1.25 bits per heavy atom. The quantitative estimate of drug-likeness (QED) is 0.679. The summed E-state index contributed by atoms with van der Waals surface area (Å²) in [5.41, 5.74) is 6.28. The van der Waals surface area contributed by atoms with E-state index in [9.17, 15) is 0 Å². The van der Waals surface area contributed by atoms with Crippen LogP contribution in [0.3, 0.4) is 0 Å². The third-order valence-corrected chi connectivity index (χ3v) is 3.52. The van der Waals surface area contributed by atoms with Crippen LogP contribution in [0.15, 0.2) is 44.9 Å². The van der Waals surface area contributed by atoms with Gasteiger partial charge >= 0.3 is 0 Å². The fraction of sp³-hybridized carbons (Fsp3) is 0. The van der Waals surface area contributed by atoms with Crippen LogP contribution in [-0.4, -0.2) is 9.97 Å². The Bertz CT molecular complexity index is 504. The standard InChI is InChI=1S/C10H7BrClN3S/c11-6-1-3-7(4-2-6)16-9-8(13)5-14-10(12)15-9/h1-5H,13H2. The van der Waals surface area contributed by atoms with E-state index in [0.29, 0.717) is 10.7 Å². The highest BCUT2D eigenvalue weighted by atomic mass is 79.9. The smallest absolute Gasteiger partial charge is 0.223 e. The number of anilines is 1. The van der Waals surface area contributed by atoms with Gasteiger partial charge in [0.05, 0.1) is 11.9 Å². The molecule has 0 fully saturated rings. The molecule has 0 unspecified atom stereocenters. The van der Waals surface area contributed by atoms with Gasteiger partial charge in [-0.3, -0.25) is 0 Å². The minimum Gasteiger partial charge on any atom is -0.395 e. The second kappa shape index (κ2) is 5.03. The van der Waals surface area contributed by atoms with Crippen molar-refractivity contribution in [1.29, 1.82) is 0 Å². The number of aromatic nitrogens is 2. The number of nitrogen functional groups attached to an aromatic ring is 1. The summed E-state index contributed by atoms with van der Waals surface area (Å²) in [6, 6.07) is 7.87. The van der Waals surface area contributed by atoms with Gasteiger partial charge in [-0.25, -0.2) is 9.97 Å². The lowest BCUT2D eigenvalue weighted by Gasteiger charge is -2.04. The maximum absolute atomic E-state index is 5.75. The van der Waals surface area contributed by atoms with Crippen LogP contribution in [0, 0.1) is 0 Å². The van der Waals surface area contributed by atoms with Crippen LogP contribution >= 0.6 is 39.3 Å². The van der Waals surface area contributed by atoms with Gasteiger partial charge in [0.2, 0.25) is 5.28 Å². The van der Waals surface area contributed by atoms with Gasteiger partial charge in [0.1, 0.15) is 5.03 Å². The SMILES string of the molecule is Nc1cnc(Cl)nc1Sc1ccc(Br)cc1. The molecule has 2 rings (SSSR count). The van der Waals surface area contributed by atoms with Gasteiger partial charge in [-0.05, 0) is 35.9 Å². The summed E-state index contributed by atoms with van der Waals surface area (Å²) in [6.07, 6.45) is 1.51. The molecule has 16 heavy (non-hydrogen) atoms. The summed E-state index contributed by atoms with van der Waals surface area (Å²) in [7, 11) is 0. The molecule has 0 radical (unpaired) electrons. The Morgan fingerprint density at radius 3 is 2.62 bits per heavy atom. The maximum atomic E-state index is 5.75. The molecule has 1 aromatic heterocycles. The predicted molar refractivity (Wildman–Crippen MR) is 69.7 cm³/mol. The first-order valence-corrected chi connectivity index (χ1v) is 6.35. The van der Waals surface area contributed by atoms with Gasteiger partial charge in [-0.1, -0.05) is 27.7 Å². The summed E-state index contributed by atoms with van der Waals surface area (Å²) < 4.78 is 1.03. The van der Waals surface area contributed by atoms with Crippen molar-refractivity contribution in [3.8, 4) is 0 Å². The molecule has 2 aromatic rings. The molecular formula is C10H7BrClN3S. The van der Waals surface area contributed by atoms with E-state index in [-0.39, 0.29) is 5.28 Å². The van der Waals surface area contributed by atoms with Gasteiger partial charge < -0.3 is 5.73 Å². The molecule has 3 nitrogen and oxygen atoms in total. The molecule has 0 amide bonds. The van der Waals surface area contributed by atoms with E-state index in [0.717, 1.165) is 9.37 Å². The molecule has 2 N–H and O–H groups in total. The summed E-state index contributed by atoms with van der Waals surface area (Å²) in [5.74, 6) is 0. The van der Waals surface area contributed by atoms with Crippen LogP contribution < -0.4 is 5.73 Å². The second-order valence-electron chi connectivity index (χ2n) is 2.96. The Morgan fingerprint density at radius 2 is 1.94 bits per heavy atom. The van der Waals surface area contributed by atoms with Crippen molar-refractivity contribution in [2.45, 2.75) is 9.92 Å². The molecule has 0 aliphatic carbocycles. The van der Waals surface area contributed by atoms with Crippen LogP contribution in [0.2, 0.25) is 5.28 Å². The van der Waals surface area contributed by atoms with Gasteiger partial charge in [-0.15, -0.1) is 0 Å². The third-order valence-electron chi connectivity index (χ3n) is 1.78. The van der Waals surface area contributed by atoms with Gasteiger partial charge in [-0.2, -0.15) is 0 Å². The fourth-order valence-corrected chi connectivity index (χ4v) is 2.30. The predicted octanol–water partition coefficient (Wildman–Crippen LogP) is 3.63. The number of hydrogen-bond acceptors (Lipinski definition) is 4. The van der Waals surface area contributed by atoms with Crippen LogP contribution in [0.4, 0.5) is 5.69 Å². The van der Waals surface area contributed by atoms with Crippen LogP contribution in [0.25, 0.3) is 0 Å². The normalized spacial score (nSPS) is 10.4. The molecular weight excluding hydrogens is 310 g/mol. The topological polar surface area (TPSA) is 51.8 Å². The zero-order chi connectivity index (χ0) is 11.5. The minimum atomic E-state index is 0.203. The molecule has 6 heteroatoms. The molecule has 0 aliphatic heterocycles. The highest BCUT2D eigenvalue weighted by Gasteiger charge is 2.05. The van der Waals surface area contributed by atoms with E-state index in [4.69, 9.17) is 17.3 Å². The number of nitrogens with zero attached hydrogens (tertiary/aromatic N) is 2. The molecule has 0 spiro atoms. The van der Waals surface area contributed by atoms with E-state index in [2.05, 4.69) is 25.9 Å². The van der Waals surface area contributed by atoms with E-state index in [1.165, 1.54) is 18.0 Å². The Hall–Kier alpha value is -0.780. The van der Waals surface area contributed by atoms with Gasteiger partial charge in [0, 0.05) is 9.37 Å².